The number of nitrogens with one attached hydrogen (secondary N) is 2. The number of nitrogens with zero attached hydrogens (tertiary/aromatic N) is 3. The summed E-state index contributed by atoms with van der Waals surface area (Å²) in [6, 6.07) is 4.10. The molecule has 5 nitrogen and oxygen atoms in total. The fourth-order valence-corrected chi connectivity index (χ4v) is 4.23. The number of benzene rings is 1. The van der Waals surface area contributed by atoms with Gasteiger partial charge in [0.25, 0.3) is 0 Å². The van der Waals surface area contributed by atoms with E-state index >= 15 is 0 Å². The third kappa shape index (κ3) is 6.50. The van der Waals surface area contributed by atoms with Crippen molar-refractivity contribution in [2.75, 3.05) is 31.1 Å². The van der Waals surface area contributed by atoms with Crippen molar-refractivity contribution in [3.63, 3.8) is 0 Å². The lowest BCUT2D eigenvalue weighted by Crippen LogP contribution is -2.40. The van der Waals surface area contributed by atoms with E-state index in [4.69, 9.17) is 0 Å². The summed E-state index contributed by atoms with van der Waals surface area (Å²) in [6.07, 6.45) is 0.999. The zero-order chi connectivity index (χ0) is 20.1. The zero-order valence-electron chi connectivity index (χ0n) is 17.0. The van der Waals surface area contributed by atoms with Crippen molar-refractivity contribution in [2.45, 2.75) is 33.7 Å². The number of halogens is 3. The molecule has 2 aromatic rings. The van der Waals surface area contributed by atoms with Crippen molar-refractivity contribution in [1.29, 1.82) is 0 Å². The van der Waals surface area contributed by atoms with Crippen LogP contribution < -0.4 is 15.5 Å². The Hall–Kier alpha value is -1.49. The summed E-state index contributed by atoms with van der Waals surface area (Å²) in [5.41, 5.74) is 1.78. The van der Waals surface area contributed by atoms with Crippen molar-refractivity contribution in [1.82, 2.24) is 15.6 Å². The van der Waals surface area contributed by atoms with Crippen LogP contribution in [-0.4, -0.2) is 37.1 Å². The van der Waals surface area contributed by atoms with E-state index in [-0.39, 0.29) is 24.0 Å². The van der Waals surface area contributed by atoms with Gasteiger partial charge in [-0.25, -0.2) is 18.8 Å². The van der Waals surface area contributed by atoms with E-state index in [1.54, 1.807) is 17.4 Å². The normalized spacial score (nSPS) is 16.7. The van der Waals surface area contributed by atoms with Crippen LogP contribution in [0.2, 0.25) is 0 Å². The minimum atomic E-state index is -0.806. The molecule has 1 fully saturated rings. The maximum atomic E-state index is 13.5. The molecule has 29 heavy (non-hydrogen) atoms. The van der Waals surface area contributed by atoms with Gasteiger partial charge in [0, 0.05) is 42.8 Å². The molecule has 0 bridgehead atoms. The van der Waals surface area contributed by atoms with Gasteiger partial charge in [-0.05, 0) is 45.2 Å². The minimum Gasteiger partial charge on any atom is -0.371 e. The van der Waals surface area contributed by atoms with Gasteiger partial charge >= 0.3 is 0 Å². The predicted octanol–water partition coefficient (Wildman–Crippen LogP) is 4.24. The van der Waals surface area contributed by atoms with Crippen LogP contribution in [0.25, 0.3) is 0 Å². The second kappa shape index (κ2) is 11.1. The fourth-order valence-electron chi connectivity index (χ4n) is 3.37. The van der Waals surface area contributed by atoms with Gasteiger partial charge in [-0.3, -0.25) is 0 Å². The molecule has 0 spiro atoms. The number of rotatable bonds is 6. The van der Waals surface area contributed by atoms with Gasteiger partial charge in [-0.2, -0.15) is 0 Å². The molecule has 1 unspecified atom stereocenters. The van der Waals surface area contributed by atoms with Crippen molar-refractivity contribution in [3.05, 3.63) is 45.4 Å². The molecule has 160 valence electrons. The molecule has 3 rings (SSSR count). The van der Waals surface area contributed by atoms with Crippen LogP contribution in [0, 0.1) is 31.4 Å². The lowest BCUT2D eigenvalue weighted by Gasteiger charge is -2.19. The SMILES string of the molecule is CCNC(=NCc1sc(C)nc1C)NCC1CCN(c2ccc(F)c(F)c2)C1.I. The quantitative estimate of drug-likeness (QED) is 0.330. The number of hydrogen-bond donors (Lipinski definition) is 2. The molecule has 1 aliphatic heterocycles. The van der Waals surface area contributed by atoms with Crippen LogP contribution in [0.1, 0.15) is 28.9 Å². The van der Waals surface area contributed by atoms with Crippen LogP contribution in [0.5, 0.6) is 0 Å². The number of anilines is 1. The standard InChI is InChI=1S/C20H27F2N5S.HI/c1-4-23-20(25-11-19-13(2)26-14(3)28-19)24-10-15-7-8-27(12-15)16-5-6-17(21)18(22)9-16;/h5-6,9,15H,4,7-8,10-12H2,1-3H3,(H2,23,24,25);1H. The van der Waals surface area contributed by atoms with E-state index in [0.29, 0.717) is 12.5 Å². The Labute approximate surface area is 192 Å². The summed E-state index contributed by atoms with van der Waals surface area (Å²) in [5.74, 6) is -0.392. The summed E-state index contributed by atoms with van der Waals surface area (Å²) in [7, 11) is 0. The molecule has 1 saturated heterocycles. The lowest BCUT2D eigenvalue weighted by atomic mass is 10.1. The third-order valence-electron chi connectivity index (χ3n) is 4.84. The average Bonchev–Trinajstić information content (AvgIpc) is 3.26. The van der Waals surface area contributed by atoms with Crippen LogP contribution in [-0.2, 0) is 6.54 Å². The van der Waals surface area contributed by atoms with Crippen molar-refractivity contribution in [3.8, 4) is 0 Å². The molecular weight excluding hydrogens is 507 g/mol. The molecule has 1 aliphatic rings. The van der Waals surface area contributed by atoms with Gasteiger partial charge in [0.05, 0.1) is 17.2 Å². The van der Waals surface area contributed by atoms with E-state index < -0.39 is 11.6 Å². The van der Waals surface area contributed by atoms with Gasteiger partial charge in [0.2, 0.25) is 0 Å². The average molecular weight is 535 g/mol. The van der Waals surface area contributed by atoms with Crippen LogP contribution in [0.3, 0.4) is 0 Å². The van der Waals surface area contributed by atoms with Crippen LogP contribution >= 0.6 is 35.3 Å². The Morgan fingerprint density at radius 1 is 1.28 bits per heavy atom. The Morgan fingerprint density at radius 2 is 2.07 bits per heavy atom. The molecule has 9 heteroatoms. The number of guanidine groups is 1. The molecule has 2 heterocycles. The van der Waals surface area contributed by atoms with Gasteiger partial charge in [-0.1, -0.05) is 0 Å². The highest BCUT2D eigenvalue weighted by molar-refractivity contribution is 14.0. The highest BCUT2D eigenvalue weighted by Gasteiger charge is 2.23. The molecule has 0 amide bonds. The zero-order valence-corrected chi connectivity index (χ0v) is 20.1. The molecule has 1 atom stereocenters. The number of hydrogen-bond acceptors (Lipinski definition) is 4. The smallest absolute Gasteiger partial charge is 0.191 e. The summed E-state index contributed by atoms with van der Waals surface area (Å²) < 4.78 is 26.6. The first-order valence-electron chi connectivity index (χ1n) is 9.61. The molecule has 1 aromatic heterocycles. The lowest BCUT2D eigenvalue weighted by molar-refractivity contribution is 0.508. The van der Waals surface area contributed by atoms with E-state index in [1.165, 1.54) is 17.0 Å². The number of aromatic nitrogens is 1. The minimum absolute atomic E-state index is 0. The predicted molar refractivity (Wildman–Crippen MR) is 126 cm³/mol. The van der Waals surface area contributed by atoms with Crippen molar-refractivity contribution < 1.29 is 8.78 Å². The van der Waals surface area contributed by atoms with Gasteiger partial charge < -0.3 is 15.5 Å². The number of aliphatic imine (C=N–C) groups is 1. The fraction of sp³-hybridized carbons (Fsp3) is 0.500. The summed E-state index contributed by atoms with van der Waals surface area (Å²) in [6.45, 7) is 9.89. The molecular formula is C20H28F2IN5S. The Bertz CT molecular complexity index is 842. The molecule has 0 radical (unpaired) electrons. The molecule has 1 aromatic carbocycles. The summed E-state index contributed by atoms with van der Waals surface area (Å²) in [4.78, 5) is 12.4. The second-order valence-corrected chi connectivity index (χ2v) is 8.30. The number of thiazole rings is 1. The topological polar surface area (TPSA) is 52.6 Å². The second-order valence-electron chi connectivity index (χ2n) is 7.02. The van der Waals surface area contributed by atoms with Crippen LogP contribution in [0.4, 0.5) is 14.5 Å². The Balaban J connectivity index is 0.00000300. The number of aryl methyl sites for hydroxylation is 2. The first-order chi connectivity index (χ1) is 13.5. The molecule has 2 N–H and O–H groups in total. The molecule has 0 saturated carbocycles. The monoisotopic (exact) mass is 535 g/mol. The van der Waals surface area contributed by atoms with Crippen LogP contribution in [0.15, 0.2) is 23.2 Å². The highest BCUT2D eigenvalue weighted by Crippen LogP contribution is 2.25. The van der Waals surface area contributed by atoms with E-state index in [0.717, 1.165) is 54.9 Å². The summed E-state index contributed by atoms with van der Waals surface area (Å²) in [5, 5.41) is 7.75. The molecule has 0 aliphatic carbocycles. The van der Waals surface area contributed by atoms with E-state index in [2.05, 4.69) is 25.5 Å². The third-order valence-corrected chi connectivity index (χ3v) is 5.89. The van der Waals surface area contributed by atoms with E-state index in [9.17, 15) is 8.78 Å². The first-order valence-corrected chi connectivity index (χ1v) is 10.4. The first kappa shape index (κ1) is 23.8. The van der Waals surface area contributed by atoms with Crippen molar-refractivity contribution in [2.24, 2.45) is 10.9 Å². The Morgan fingerprint density at radius 3 is 2.72 bits per heavy atom. The van der Waals surface area contributed by atoms with Gasteiger partial charge in [-0.15, -0.1) is 35.3 Å². The maximum Gasteiger partial charge on any atom is 0.191 e. The van der Waals surface area contributed by atoms with Crippen molar-refractivity contribution >= 4 is 47.0 Å². The summed E-state index contributed by atoms with van der Waals surface area (Å²) >= 11 is 1.68. The van der Waals surface area contributed by atoms with Gasteiger partial charge in [0.15, 0.2) is 17.6 Å². The Kier molecular flexibility index (Phi) is 9.06. The highest BCUT2D eigenvalue weighted by atomic mass is 127. The van der Waals surface area contributed by atoms with Gasteiger partial charge in [0.1, 0.15) is 0 Å². The van der Waals surface area contributed by atoms with E-state index in [1.807, 2.05) is 20.8 Å². The largest absolute Gasteiger partial charge is 0.371 e. The maximum absolute atomic E-state index is 13.5.